The van der Waals surface area contributed by atoms with Gasteiger partial charge in [0.1, 0.15) is 0 Å². The zero-order valence-corrected chi connectivity index (χ0v) is 10.6. The molecular weight excluding hydrogens is 236 g/mol. The minimum absolute atomic E-state index is 0.198. The molecule has 18 heavy (non-hydrogen) atoms. The highest BCUT2D eigenvalue weighted by atomic mass is 16.7. The zero-order chi connectivity index (χ0) is 13.2. The standard InChI is InChI=1S/C13H22O5/c14-10-6-2-5-9-13(10,17)11(15)18-12(16)7-3-1-4-8-12/h10,14,16-17H,1-9H2. The molecule has 3 N–H and O–H groups in total. The van der Waals surface area contributed by atoms with E-state index in [2.05, 4.69) is 0 Å². The van der Waals surface area contributed by atoms with E-state index in [1.54, 1.807) is 0 Å². The number of hydrogen-bond donors (Lipinski definition) is 3. The maximum atomic E-state index is 12.0. The molecule has 2 atom stereocenters. The number of hydrogen-bond acceptors (Lipinski definition) is 5. The molecule has 2 rings (SSSR count). The van der Waals surface area contributed by atoms with Crippen LogP contribution >= 0.6 is 0 Å². The predicted octanol–water partition coefficient (Wildman–Crippen LogP) is 0.848. The Balaban J connectivity index is 2.01. The lowest BCUT2D eigenvalue weighted by molar-refractivity contribution is -0.244. The molecule has 0 aliphatic heterocycles. The Labute approximate surface area is 107 Å². The smallest absolute Gasteiger partial charge is 0.343 e. The minimum atomic E-state index is -1.84. The van der Waals surface area contributed by atoms with Crippen LogP contribution < -0.4 is 0 Å². The van der Waals surface area contributed by atoms with Crippen LogP contribution in [0.1, 0.15) is 57.8 Å². The number of carbonyl (C=O) groups is 1. The Kier molecular flexibility index (Phi) is 3.94. The quantitative estimate of drug-likeness (QED) is 0.505. The molecule has 0 radical (unpaired) electrons. The Morgan fingerprint density at radius 1 is 1.00 bits per heavy atom. The molecule has 5 nitrogen and oxygen atoms in total. The van der Waals surface area contributed by atoms with Crippen molar-refractivity contribution in [2.24, 2.45) is 0 Å². The fraction of sp³-hybridized carbons (Fsp3) is 0.923. The van der Waals surface area contributed by atoms with E-state index in [0.717, 1.165) is 25.7 Å². The number of aliphatic hydroxyl groups excluding tert-OH is 1. The third-order valence-electron chi connectivity index (χ3n) is 4.11. The maximum absolute atomic E-state index is 12.0. The minimum Gasteiger partial charge on any atom is -0.431 e. The van der Waals surface area contributed by atoms with Gasteiger partial charge in [-0.05, 0) is 32.1 Å². The molecule has 0 spiro atoms. The summed E-state index contributed by atoms with van der Waals surface area (Å²) in [6.45, 7) is 0. The first-order valence-electron chi connectivity index (χ1n) is 6.83. The van der Waals surface area contributed by atoms with Gasteiger partial charge in [-0.3, -0.25) is 0 Å². The largest absolute Gasteiger partial charge is 0.431 e. The van der Waals surface area contributed by atoms with E-state index in [1.165, 1.54) is 0 Å². The van der Waals surface area contributed by atoms with Crippen LogP contribution in [-0.4, -0.2) is 38.8 Å². The lowest BCUT2D eigenvalue weighted by atomic mass is 9.82. The number of ether oxygens (including phenoxy) is 1. The third kappa shape index (κ3) is 2.68. The lowest BCUT2D eigenvalue weighted by Gasteiger charge is -2.38. The van der Waals surface area contributed by atoms with Crippen LogP contribution in [0.25, 0.3) is 0 Å². The van der Waals surface area contributed by atoms with Gasteiger partial charge in [-0.1, -0.05) is 12.8 Å². The van der Waals surface area contributed by atoms with Gasteiger partial charge in [-0.15, -0.1) is 0 Å². The van der Waals surface area contributed by atoms with Crippen molar-refractivity contribution in [3.05, 3.63) is 0 Å². The average Bonchev–Trinajstić information content (AvgIpc) is 2.33. The highest BCUT2D eigenvalue weighted by Gasteiger charge is 2.49. The second-order valence-electron chi connectivity index (χ2n) is 5.58. The van der Waals surface area contributed by atoms with Crippen LogP contribution in [0.4, 0.5) is 0 Å². The van der Waals surface area contributed by atoms with E-state index >= 15 is 0 Å². The van der Waals surface area contributed by atoms with Crippen LogP contribution in [0.2, 0.25) is 0 Å². The monoisotopic (exact) mass is 258 g/mol. The van der Waals surface area contributed by atoms with Crippen molar-refractivity contribution in [2.45, 2.75) is 75.3 Å². The molecule has 0 saturated heterocycles. The van der Waals surface area contributed by atoms with Crippen molar-refractivity contribution >= 4 is 5.97 Å². The molecule has 0 aromatic carbocycles. The van der Waals surface area contributed by atoms with Crippen molar-refractivity contribution in [1.29, 1.82) is 0 Å². The number of rotatable bonds is 2. The van der Waals surface area contributed by atoms with Crippen molar-refractivity contribution < 1.29 is 24.9 Å². The van der Waals surface area contributed by atoms with Crippen LogP contribution in [0, 0.1) is 0 Å². The molecule has 0 aromatic heterocycles. The van der Waals surface area contributed by atoms with Crippen molar-refractivity contribution in [1.82, 2.24) is 0 Å². The summed E-state index contributed by atoms with van der Waals surface area (Å²) in [7, 11) is 0. The summed E-state index contributed by atoms with van der Waals surface area (Å²) in [5.41, 5.74) is -1.84. The molecule has 0 bridgehead atoms. The Bertz CT molecular complexity index is 311. The molecular formula is C13H22O5. The average molecular weight is 258 g/mol. The van der Waals surface area contributed by atoms with Gasteiger partial charge in [0, 0.05) is 12.8 Å². The molecule has 0 aromatic rings. The van der Waals surface area contributed by atoms with Gasteiger partial charge in [-0.25, -0.2) is 4.79 Å². The molecule has 2 aliphatic rings. The van der Waals surface area contributed by atoms with Crippen molar-refractivity contribution in [2.75, 3.05) is 0 Å². The molecule has 2 fully saturated rings. The van der Waals surface area contributed by atoms with Crippen LogP contribution in [0.3, 0.4) is 0 Å². The van der Waals surface area contributed by atoms with E-state index < -0.39 is 23.5 Å². The summed E-state index contributed by atoms with van der Waals surface area (Å²) in [6.07, 6.45) is 4.43. The summed E-state index contributed by atoms with van der Waals surface area (Å²) in [5, 5.41) is 30.1. The molecule has 2 saturated carbocycles. The number of aliphatic hydroxyl groups is 3. The summed E-state index contributed by atoms with van der Waals surface area (Å²) < 4.78 is 5.10. The fourth-order valence-electron chi connectivity index (χ4n) is 2.84. The first kappa shape index (κ1) is 13.8. The van der Waals surface area contributed by atoms with E-state index in [0.29, 0.717) is 25.7 Å². The molecule has 2 aliphatic carbocycles. The van der Waals surface area contributed by atoms with Gasteiger partial charge in [0.25, 0.3) is 0 Å². The summed E-state index contributed by atoms with van der Waals surface area (Å²) in [4.78, 5) is 12.0. The zero-order valence-electron chi connectivity index (χ0n) is 10.6. The lowest BCUT2D eigenvalue weighted by Crippen LogP contribution is -2.55. The van der Waals surface area contributed by atoms with Gasteiger partial charge in [-0.2, -0.15) is 0 Å². The topological polar surface area (TPSA) is 87.0 Å². The number of carbonyl (C=O) groups excluding carboxylic acids is 1. The van der Waals surface area contributed by atoms with Crippen molar-refractivity contribution in [3.8, 4) is 0 Å². The first-order chi connectivity index (χ1) is 8.46. The second kappa shape index (κ2) is 5.15. The highest BCUT2D eigenvalue weighted by Crippen LogP contribution is 2.34. The molecule has 5 heteroatoms. The Hall–Kier alpha value is -0.650. The van der Waals surface area contributed by atoms with Gasteiger partial charge < -0.3 is 20.1 Å². The summed E-state index contributed by atoms with van der Waals surface area (Å²) in [5.74, 6) is -2.33. The van der Waals surface area contributed by atoms with Crippen LogP contribution in [0.15, 0.2) is 0 Å². The van der Waals surface area contributed by atoms with E-state index in [-0.39, 0.29) is 6.42 Å². The third-order valence-corrected chi connectivity index (χ3v) is 4.11. The molecule has 0 amide bonds. The number of esters is 1. The maximum Gasteiger partial charge on any atom is 0.343 e. The van der Waals surface area contributed by atoms with E-state index in [4.69, 9.17) is 4.74 Å². The van der Waals surface area contributed by atoms with Crippen LogP contribution in [-0.2, 0) is 9.53 Å². The molecule has 104 valence electrons. The van der Waals surface area contributed by atoms with E-state index in [9.17, 15) is 20.1 Å². The fourth-order valence-corrected chi connectivity index (χ4v) is 2.84. The van der Waals surface area contributed by atoms with Gasteiger partial charge in [0.05, 0.1) is 6.10 Å². The Morgan fingerprint density at radius 2 is 1.61 bits per heavy atom. The van der Waals surface area contributed by atoms with Gasteiger partial charge >= 0.3 is 5.97 Å². The van der Waals surface area contributed by atoms with E-state index in [1.807, 2.05) is 0 Å². The Morgan fingerprint density at radius 3 is 2.22 bits per heavy atom. The second-order valence-corrected chi connectivity index (χ2v) is 5.58. The van der Waals surface area contributed by atoms with Crippen molar-refractivity contribution in [3.63, 3.8) is 0 Å². The van der Waals surface area contributed by atoms with Crippen LogP contribution in [0.5, 0.6) is 0 Å². The SMILES string of the molecule is O=C(OC1(O)CCCCC1)C1(O)CCCCC1O. The predicted molar refractivity (Wildman–Crippen MR) is 63.6 cm³/mol. The van der Waals surface area contributed by atoms with Gasteiger partial charge in [0.15, 0.2) is 5.60 Å². The first-order valence-corrected chi connectivity index (χ1v) is 6.83. The normalized spacial score (nSPS) is 36.1. The summed E-state index contributed by atoms with van der Waals surface area (Å²) >= 11 is 0. The summed E-state index contributed by atoms with van der Waals surface area (Å²) in [6, 6.07) is 0. The van der Waals surface area contributed by atoms with Gasteiger partial charge in [0.2, 0.25) is 5.79 Å². The molecule has 0 heterocycles. The highest BCUT2D eigenvalue weighted by molar-refractivity contribution is 5.80. The molecule has 2 unspecified atom stereocenters.